The van der Waals surface area contributed by atoms with Crippen molar-refractivity contribution in [3.05, 3.63) is 81.7 Å². The van der Waals surface area contributed by atoms with E-state index < -0.39 is 17.7 Å². The Balaban J connectivity index is 1.88. The van der Waals surface area contributed by atoms with E-state index >= 15 is 0 Å². The highest BCUT2D eigenvalue weighted by atomic mass is 79.9. The van der Waals surface area contributed by atoms with Crippen LogP contribution in [0.15, 0.2) is 69.3 Å². The summed E-state index contributed by atoms with van der Waals surface area (Å²) in [7, 11) is 2.93. The van der Waals surface area contributed by atoms with E-state index in [-0.39, 0.29) is 29.4 Å². The fraction of sp³-hybridized carbons (Fsp3) is 0.167. The van der Waals surface area contributed by atoms with E-state index in [0.29, 0.717) is 27.1 Å². The normalized spacial score (nSPS) is 17.4. The first-order valence-electron chi connectivity index (χ1n) is 9.87. The van der Waals surface area contributed by atoms with Crippen molar-refractivity contribution in [3.8, 4) is 17.2 Å². The number of nitrogens with zero attached hydrogens (tertiary/aromatic N) is 1. The highest BCUT2D eigenvalue weighted by molar-refractivity contribution is 9.10. The van der Waals surface area contributed by atoms with Gasteiger partial charge in [0, 0.05) is 5.56 Å². The number of carbonyl (C=O) groups excluding carboxylic acids is 2. The Kier molecular flexibility index (Phi) is 6.15. The van der Waals surface area contributed by atoms with Crippen LogP contribution in [-0.2, 0) is 16.1 Å². The maximum atomic E-state index is 13.1. The number of aliphatic hydroxyl groups is 1. The molecule has 0 spiro atoms. The lowest BCUT2D eigenvalue weighted by Gasteiger charge is -2.25. The molecule has 2 heterocycles. The summed E-state index contributed by atoms with van der Waals surface area (Å²) in [4.78, 5) is 27.4. The standard InChI is InChI=1S/C24H20BrNO7/c1-31-18-7-6-14(10-16(18)25)22(28)20-21(13-5-8-19(32-2)17(27)11-13)26(24(30)23(20)29)12-15-4-3-9-33-15/h3-11,21,27-28H,12H2,1-2H3/b22-20-. The zero-order valence-corrected chi connectivity index (χ0v) is 19.3. The maximum absolute atomic E-state index is 13.1. The van der Waals surface area contributed by atoms with Crippen molar-refractivity contribution < 1.29 is 33.7 Å². The van der Waals surface area contributed by atoms with Crippen LogP contribution < -0.4 is 9.47 Å². The van der Waals surface area contributed by atoms with Gasteiger partial charge in [-0.05, 0) is 64.0 Å². The summed E-state index contributed by atoms with van der Waals surface area (Å²) in [5.74, 6) is -0.897. The molecule has 0 saturated carbocycles. The second-order valence-corrected chi connectivity index (χ2v) is 8.14. The summed E-state index contributed by atoms with van der Waals surface area (Å²) in [5.41, 5.74) is 0.641. The third-order valence-electron chi connectivity index (χ3n) is 5.39. The molecule has 4 rings (SSSR count). The van der Waals surface area contributed by atoms with Gasteiger partial charge in [-0.25, -0.2) is 0 Å². The largest absolute Gasteiger partial charge is 0.507 e. The number of furan rings is 1. The van der Waals surface area contributed by atoms with E-state index in [4.69, 9.17) is 13.9 Å². The summed E-state index contributed by atoms with van der Waals surface area (Å²) in [6, 6.07) is 11.8. The molecule has 3 aromatic rings. The second-order valence-electron chi connectivity index (χ2n) is 7.29. The highest BCUT2D eigenvalue weighted by Gasteiger charge is 2.46. The van der Waals surface area contributed by atoms with Gasteiger partial charge in [-0.3, -0.25) is 9.59 Å². The highest BCUT2D eigenvalue weighted by Crippen LogP contribution is 2.43. The first kappa shape index (κ1) is 22.5. The number of likely N-dealkylation sites (tertiary alicyclic amines) is 1. The molecular weight excluding hydrogens is 494 g/mol. The lowest BCUT2D eigenvalue weighted by molar-refractivity contribution is -0.140. The third-order valence-corrected chi connectivity index (χ3v) is 6.01. The van der Waals surface area contributed by atoms with E-state index in [1.54, 1.807) is 36.4 Å². The van der Waals surface area contributed by atoms with Gasteiger partial charge in [-0.1, -0.05) is 6.07 Å². The molecule has 9 heteroatoms. The number of ketones is 1. The molecule has 0 bridgehead atoms. The van der Waals surface area contributed by atoms with E-state index in [2.05, 4.69) is 15.9 Å². The number of halogens is 1. The second kappa shape index (κ2) is 9.03. The van der Waals surface area contributed by atoms with Gasteiger partial charge in [0.15, 0.2) is 11.5 Å². The van der Waals surface area contributed by atoms with E-state index in [1.165, 1.54) is 37.5 Å². The van der Waals surface area contributed by atoms with Crippen molar-refractivity contribution in [2.75, 3.05) is 14.2 Å². The molecule has 8 nitrogen and oxygen atoms in total. The number of amides is 1. The fourth-order valence-electron chi connectivity index (χ4n) is 3.81. The molecule has 1 fully saturated rings. The Labute approximate surface area is 197 Å². The summed E-state index contributed by atoms with van der Waals surface area (Å²) in [6.07, 6.45) is 1.47. The maximum Gasteiger partial charge on any atom is 0.296 e. The number of aliphatic hydroxyl groups excluding tert-OH is 1. The van der Waals surface area contributed by atoms with Crippen LogP contribution in [0.4, 0.5) is 0 Å². The zero-order chi connectivity index (χ0) is 23.7. The SMILES string of the molecule is COc1ccc(C2/C(=C(/O)c3ccc(OC)c(Br)c3)C(=O)C(=O)N2Cc2ccco2)cc1O. The van der Waals surface area contributed by atoms with E-state index in [9.17, 15) is 19.8 Å². The number of hydrogen-bond donors (Lipinski definition) is 2. The average Bonchev–Trinajstić information content (AvgIpc) is 3.41. The average molecular weight is 514 g/mol. The molecule has 1 unspecified atom stereocenters. The number of benzene rings is 2. The first-order valence-corrected chi connectivity index (χ1v) is 10.7. The minimum absolute atomic E-state index is 0.00187. The molecule has 0 aliphatic carbocycles. The molecule has 1 aliphatic rings. The zero-order valence-electron chi connectivity index (χ0n) is 17.7. The van der Waals surface area contributed by atoms with Crippen molar-refractivity contribution in [2.45, 2.75) is 12.6 Å². The molecular formula is C24H20BrNO7. The topological polar surface area (TPSA) is 109 Å². The number of Topliss-reactive ketones (excluding diaryl/α,β-unsaturated/α-hetero) is 1. The van der Waals surface area contributed by atoms with Crippen LogP contribution in [0.5, 0.6) is 17.2 Å². The summed E-state index contributed by atoms with van der Waals surface area (Å²) >= 11 is 3.37. The van der Waals surface area contributed by atoms with Crippen LogP contribution in [0.3, 0.4) is 0 Å². The molecule has 1 atom stereocenters. The van der Waals surface area contributed by atoms with Crippen molar-refractivity contribution in [1.29, 1.82) is 0 Å². The van der Waals surface area contributed by atoms with Crippen LogP contribution in [0.2, 0.25) is 0 Å². The third kappa shape index (κ3) is 4.07. The Morgan fingerprint density at radius 1 is 1.09 bits per heavy atom. The smallest absolute Gasteiger partial charge is 0.296 e. The molecule has 2 aromatic carbocycles. The first-order chi connectivity index (χ1) is 15.8. The Morgan fingerprint density at radius 3 is 2.42 bits per heavy atom. The van der Waals surface area contributed by atoms with Crippen molar-refractivity contribution >= 4 is 33.4 Å². The van der Waals surface area contributed by atoms with Gasteiger partial charge >= 0.3 is 0 Å². The number of rotatable bonds is 6. The minimum atomic E-state index is -0.965. The Morgan fingerprint density at radius 2 is 1.82 bits per heavy atom. The molecule has 33 heavy (non-hydrogen) atoms. The Bertz CT molecular complexity index is 1250. The van der Waals surface area contributed by atoms with E-state index in [1.807, 2.05) is 0 Å². The lowest BCUT2D eigenvalue weighted by Crippen LogP contribution is -2.29. The molecule has 1 saturated heterocycles. The minimum Gasteiger partial charge on any atom is -0.507 e. The molecule has 170 valence electrons. The van der Waals surface area contributed by atoms with Gasteiger partial charge < -0.3 is 29.0 Å². The van der Waals surface area contributed by atoms with Crippen LogP contribution in [0.25, 0.3) is 5.76 Å². The van der Waals surface area contributed by atoms with Crippen molar-refractivity contribution in [2.24, 2.45) is 0 Å². The predicted molar refractivity (Wildman–Crippen MR) is 122 cm³/mol. The van der Waals surface area contributed by atoms with Gasteiger partial charge in [0.05, 0.1) is 43.1 Å². The predicted octanol–water partition coefficient (Wildman–Crippen LogP) is 4.39. The molecule has 1 aliphatic heterocycles. The Hall–Kier alpha value is -3.72. The number of phenolic OH excluding ortho intramolecular Hbond substituents is 1. The number of ether oxygens (including phenoxy) is 2. The van der Waals surface area contributed by atoms with Crippen LogP contribution in [0, 0.1) is 0 Å². The van der Waals surface area contributed by atoms with Gasteiger partial charge in [-0.15, -0.1) is 0 Å². The molecule has 0 radical (unpaired) electrons. The van der Waals surface area contributed by atoms with Crippen LogP contribution in [-0.4, -0.2) is 41.0 Å². The monoisotopic (exact) mass is 513 g/mol. The number of aromatic hydroxyl groups is 1. The number of phenols is 1. The van der Waals surface area contributed by atoms with Gasteiger partial charge in [0.1, 0.15) is 17.3 Å². The van der Waals surface area contributed by atoms with Gasteiger partial charge in [-0.2, -0.15) is 0 Å². The quantitative estimate of drug-likeness (QED) is 0.285. The van der Waals surface area contributed by atoms with Gasteiger partial charge in [0.25, 0.3) is 11.7 Å². The van der Waals surface area contributed by atoms with Crippen LogP contribution >= 0.6 is 15.9 Å². The summed E-state index contributed by atoms with van der Waals surface area (Å²) < 4.78 is 16.3. The summed E-state index contributed by atoms with van der Waals surface area (Å²) in [6.45, 7) is -0.00187. The number of methoxy groups -OCH3 is 2. The van der Waals surface area contributed by atoms with Crippen molar-refractivity contribution in [1.82, 2.24) is 4.90 Å². The number of hydrogen-bond acceptors (Lipinski definition) is 7. The molecule has 1 aromatic heterocycles. The van der Waals surface area contributed by atoms with Crippen molar-refractivity contribution in [3.63, 3.8) is 0 Å². The summed E-state index contributed by atoms with van der Waals surface area (Å²) in [5, 5.41) is 21.5. The molecule has 2 N–H and O–H groups in total. The fourth-order valence-corrected chi connectivity index (χ4v) is 4.35. The van der Waals surface area contributed by atoms with E-state index in [0.717, 1.165) is 0 Å². The van der Waals surface area contributed by atoms with Gasteiger partial charge in [0.2, 0.25) is 0 Å². The van der Waals surface area contributed by atoms with Crippen LogP contribution in [0.1, 0.15) is 22.9 Å². The lowest BCUT2D eigenvalue weighted by atomic mass is 9.95. The number of carbonyl (C=O) groups is 2. The molecule has 1 amide bonds.